The molecule has 2 unspecified atom stereocenters. The molecule has 1 aliphatic carbocycles. The highest BCUT2D eigenvalue weighted by atomic mass is 16.1. The summed E-state index contributed by atoms with van der Waals surface area (Å²) < 4.78 is 0. The number of carbonyl (C=O) groups excluding carboxylic acids is 1. The van der Waals surface area contributed by atoms with Gasteiger partial charge in [-0.3, -0.25) is 9.78 Å². The summed E-state index contributed by atoms with van der Waals surface area (Å²) in [5, 5.41) is 2.91. The number of anilines is 1. The first-order chi connectivity index (χ1) is 8.27. The van der Waals surface area contributed by atoms with Crippen LogP contribution < -0.4 is 11.1 Å². The number of rotatable bonds is 2. The smallest absolute Gasteiger partial charge is 0.229 e. The molecular formula is C13H19N3O. The van der Waals surface area contributed by atoms with E-state index >= 15 is 0 Å². The van der Waals surface area contributed by atoms with E-state index < -0.39 is 0 Å². The standard InChI is InChI=1S/C13H19N3O/c14-12-5-3-1-2-4-11(12)13(17)16-10-6-8-15-9-7-10/h6-9,11-12H,1-5,14H2,(H,15,16,17). The topological polar surface area (TPSA) is 68.0 Å². The van der Waals surface area contributed by atoms with Crippen molar-refractivity contribution in [3.63, 3.8) is 0 Å². The number of carbonyl (C=O) groups is 1. The van der Waals surface area contributed by atoms with E-state index in [0.29, 0.717) is 0 Å². The molecule has 17 heavy (non-hydrogen) atoms. The van der Waals surface area contributed by atoms with Crippen LogP contribution in [-0.4, -0.2) is 16.9 Å². The van der Waals surface area contributed by atoms with Gasteiger partial charge in [-0.05, 0) is 25.0 Å². The highest BCUT2D eigenvalue weighted by Gasteiger charge is 2.26. The number of aromatic nitrogens is 1. The normalized spacial score (nSPS) is 25.0. The van der Waals surface area contributed by atoms with Gasteiger partial charge in [-0.1, -0.05) is 19.3 Å². The molecule has 1 fully saturated rings. The molecular weight excluding hydrogens is 214 g/mol. The lowest BCUT2D eigenvalue weighted by Gasteiger charge is -2.20. The van der Waals surface area contributed by atoms with Gasteiger partial charge in [-0.2, -0.15) is 0 Å². The van der Waals surface area contributed by atoms with E-state index in [2.05, 4.69) is 10.3 Å². The van der Waals surface area contributed by atoms with Crippen LogP contribution in [0.1, 0.15) is 32.1 Å². The fraction of sp³-hybridized carbons (Fsp3) is 0.538. The first kappa shape index (κ1) is 12.0. The average molecular weight is 233 g/mol. The van der Waals surface area contributed by atoms with Gasteiger partial charge in [0.15, 0.2) is 0 Å². The van der Waals surface area contributed by atoms with Crippen LogP contribution in [0.3, 0.4) is 0 Å². The third kappa shape index (κ3) is 3.27. The van der Waals surface area contributed by atoms with Crippen molar-refractivity contribution >= 4 is 11.6 Å². The predicted molar refractivity (Wildman–Crippen MR) is 67.4 cm³/mol. The fourth-order valence-corrected chi connectivity index (χ4v) is 2.33. The van der Waals surface area contributed by atoms with E-state index in [1.807, 2.05) is 0 Å². The molecule has 1 aliphatic rings. The lowest BCUT2D eigenvalue weighted by atomic mass is 9.94. The second kappa shape index (κ2) is 5.77. The molecule has 1 amide bonds. The summed E-state index contributed by atoms with van der Waals surface area (Å²) in [6, 6.07) is 3.58. The van der Waals surface area contributed by atoms with Crippen LogP contribution in [0.25, 0.3) is 0 Å². The Morgan fingerprint density at radius 2 is 1.94 bits per heavy atom. The summed E-state index contributed by atoms with van der Waals surface area (Å²) >= 11 is 0. The third-order valence-corrected chi connectivity index (χ3v) is 3.35. The van der Waals surface area contributed by atoms with Gasteiger partial charge in [0.25, 0.3) is 0 Å². The monoisotopic (exact) mass is 233 g/mol. The molecule has 4 heteroatoms. The Labute approximate surface area is 102 Å². The SMILES string of the molecule is NC1CCCCCC1C(=O)Nc1ccncc1. The van der Waals surface area contributed by atoms with Crippen molar-refractivity contribution in [3.05, 3.63) is 24.5 Å². The second-order valence-electron chi connectivity index (χ2n) is 4.63. The largest absolute Gasteiger partial charge is 0.327 e. The summed E-state index contributed by atoms with van der Waals surface area (Å²) in [5.41, 5.74) is 6.85. The van der Waals surface area contributed by atoms with Gasteiger partial charge < -0.3 is 11.1 Å². The first-order valence-corrected chi connectivity index (χ1v) is 6.24. The van der Waals surface area contributed by atoms with Crippen molar-refractivity contribution in [3.8, 4) is 0 Å². The third-order valence-electron chi connectivity index (χ3n) is 3.35. The minimum Gasteiger partial charge on any atom is -0.327 e. The van der Waals surface area contributed by atoms with Gasteiger partial charge in [-0.15, -0.1) is 0 Å². The molecule has 1 aromatic heterocycles. The molecule has 0 aliphatic heterocycles. The van der Waals surface area contributed by atoms with Crippen LogP contribution in [-0.2, 0) is 4.79 Å². The van der Waals surface area contributed by atoms with Crippen LogP contribution in [0.5, 0.6) is 0 Å². The van der Waals surface area contributed by atoms with Crippen LogP contribution in [0.4, 0.5) is 5.69 Å². The van der Waals surface area contributed by atoms with E-state index in [9.17, 15) is 4.79 Å². The minimum absolute atomic E-state index is 0.000614. The number of nitrogens with zero attached hydrogens (tertiary/aromatic N) is 1. The minimum atomic E-state index is -0.0503. The number of hydrogen-bond acceptors (Lipinski definition) is 3. The zero-order valence-corrected chi connectivity index (χ0v) is 9.93. The molecule has 0 spiro atoms. The van der Waals surface area contributed by atoms with Crippen molar-refractivity contribution in [1.29, 1.82) is 0 Å². The number of nitrogens with two attached hydrogens (primary N) is 1. The van der Waals surface area contributed by atoms with Gasteiger partial charge in [0.1, 0.15) is 0 Å². The van der Waals surface area contributed by atoms with Gasteiger partial charge in [0, 0.05) is 24.1 Å². The Bertz CT molecular complexity index is 366. The van der Waals surface area contributed by atoms with E-state index in [1.165, 1.54) is 6.42 Å². The van der Waals surface area contributed by atoms with Gasteiger partial charge in [0.05, 0.1) is 5.92 Å². The molecule has 1 aromatic rings. The molecule has 92 valence electrons. The van der Waals surface area contributed by atoms with E-state index in [4.69, 9.17) is 5.73 Å². The maximum Gasteiger partial charge on any atom is 0.229 e. The van der Waals surface area contributed by atoms with Crippen molar-refractivity contribution in [1.82, 2.24) is 4.98 Å². The van der Waals surface area contributed by atoms with Gasteiger partial charge in [0.2, 0.25) is 5.91 Å². The maximum atomic E-state index is 12.1. The molecule has 4 nitrogen and oxygen atoms in total. The van der Waals surface area contributed by atoms with Crippen molar-refractivity contribution in [2.75, 3.05) is 5.32 Å². The molecule has 3 N–H and O–H groups in total. The zero-order chi connectivity index (χ0) is 12.1. The fourth-order valence-electron chi connectivity index (χ4n) is 2.33. The Balaban J connectivity index is 1.99. The Hall–Kier alpha value is -1.42. The molecule has 0 bridgehead atoms. The molecule has 2 rings (SSSR count). The van der Waals surface area contributed by atoms with Crippen LogP contribution in [0, 0.1) is 5.92 Å². The first-order valence-electron chi connectivity index (χ1n) is 6.24. The van der Waals surface area contributed by atoms with Crippen LogP contribution in [0.15, 0.2) is 24.5 Å². The van der Waals surface area contributed by atoms with Crippen molar-refractivity contribution in [2.24, 2.45) is 11.7 Å². The number of pyridine rings is 1. The van der Waals surface area contributed by atoms with E-state index in [0.717, 1.165) is 31.4 Å². The van der Waals surface area contributed by atoms with Crippen molar-refractivity contribution in [2.45, 2.75) is 38.1 Å². The van der Waals surface area contributed by atoms with Gasteiger partial charge in [-0.25, -0.2) is 0 Å². The Morgan fingerprint density at radius 3 is 2.71 bits per heavy atom. The quantitative estimate of drug-likeness (QED) is 0.767. The summed E-state index contributed by atoms with van der Waals surface area (Å²) in [4.78, 5) is 16.0. The molecule has 0 aromatic carbocycles. The number of hydrogen-bond donors (Lipinski definition) is 2. The van der Waals surface area contributed by atoms with Crippen molar-refractivity contribution < 1.29 is 4.79 Å². The molecule has 0 radical (unpaired) electrons. The molecule has 2 atom stereocenters. The van der Waals surface area contributed by atoms with E-state index in [1.54, 1.807) is 24.5 Å². The van der Waals surface area contributed by atoms with Crippen LogP contribution in [0.2, 0.25) is 0 Å². The molecule has 0 saturated heterocycles. The summed E-state index contributed by atoms with van der Waals surface area (Å²) in [6.45, 7) is 0. The lowest BCUT2D eigenvalue weighted by molar-refractivity contribution is -0.120. The molecule has 1 saturated carbocycles. The molecule has 1 heterocycles. The maximum absolute atomic E-state index is 12.1. The number of amides is 1. The average Bonchev–Trinajstić information content (AvgIpc) is 2.55. The number of nitrogens with one attached hydrogen (secondary N) is 1. The predicted octanol–water partition coefficient (Wildman–Crippen LogP) is 1.93. The lowest BCUT2D eigenvalue weighted by Crippen LogP contribution is -2.37. The Kier molecular flexibility index (Phi) is 4.09. The van der Waals surface area contributed by atoms with E-state index in [-0.39, 0.29) is 17.9 Å². The second-order valence-corrected chi connectivity index (χ2v) is 4.63. The highest BCUT2D eigenvalue weighted by Crippen LogP contribution is 2.23. The summed E-state index contributed by atoms with van der Waals surface area (Å²) in [7, 11) is 0. The Morgan fingerprint density at radius 1 is 1.24 bits per heavy atom. The van der Waals surface area contributed by atoms with Gasteiger partial charge >= 0.3 is 0 Å². The highest BCUT2D eigenvalue weighted by molar-refractivity contribution is 5.92. The van der Waals surface area contributed by atoms with Crippen LogP contribution >= 0.6 is 0 Å². The summed E-state index contributed by atoms with van der Waals surface area (Å²) in [5.74, 6) is -0.00346. The summed E-state index contributed by atoms with van der Waals surface area (Å²) in [6.07, 6.45) is 8.62. The zero-order valence-electron chi connectivity index (χ0n) is 9.93.